The fraction of sp³-hybridized carbons (Fsp3) is 0.188. The molecule has 3 aromatic rings. The van der Waals surface area contributed by atoms with E-state index in [1.165, 1.54) is 0 Å². The number of hydrogen-bond donors (Lipinski definition) is 1. The number of nitrogens with zero attached hydrogens (tertiary/aromatic N) is 2. The molecule has 2 aromatic heterocycles. The lowest BCUT2D eigenvalue weighted by atomic mass is 10.1. The topological polar surface area (TPSA) is 85.5 Å². The number of rotatable bonds is 6. The molecule has 23 heavy (non-hydrogen) atoms. The van der Waals surface area contributed by atoms with Crippen molar-refractivity contribution < 1.29 is 19.2 Å². The Labute approximate surface area is 136 Å². The van der Waals surface area contributed by atoms with Gasteiger partial charge in [-0.25, -0.2) is 0 Å². The number of hydrogen-bond acceptors (Lipinski definition) is 5. The Kier molecular flexibility index (Phi) is 4.43. The van der Waals surface area contributed by atoms with E-state index in [0.717, 1.165) is 5.39 Å². The van der Waals surface area contributed by atoms with Crippen LogP contribution in [0.2, 0.25) is 5.02 Å². The SMILES string of the molecule is O=C(O)CCc1noc2ccc(OCc3ncccc3Cl)cc12. The molecular formula is C16H13ClN2O4. The number of aromatic nitrogens is 2. The summed E-state index contributed by atoms with van der Waals surface area (Å²) < 4.78 is 10.9. The molecular weight excluding hydrogens is 320 g/mol. The summed E-state index contributed by atoms with van der Waals surface area (Å²) in [6.07, 6.45) is 1.95. The quantitative estimate of drug-likeness (QED) is 0.743. The van der Waals surface area contributed by atoms with Gasteiger partial charge in [0.05, 0.1) is 22.8 Å². The number of halogens is 1. The molecule has 0 spiro atoms. The van der Waals surface area contributed by atoms with Crippen LogP contribution in [0.1, 0.15) is 17.8 Å². The first kappa shape index (κ1) is 15.3. The summed E-state index contributed by atoms with van der Waals surface area (Å²) in [5, 5.41) is 14.0. The Morgan fingerprint density at radius 3 is 2.96 bits per heavy atom. The molecule has 118 valence electrons. The van der Waals surface area contributed by atoms with Gasteiger partial charge in [0.15, 0.2) is 5.58 Å². The molecule has 0 aliphatic carbocycles. The molecule has 0 atom stereocenters. The van der Waals surface area contributed by atoms with E-state index < -0.39 is 5.97 Å². The number of fused-ring (bicyclic) bond motifs is 1. The average molecular weight is 333 g/mol. The van der Waals surface area contributed by atoms with E-state index in [9.17, 15) is 4.79 Å². The summed E-state index contributed by atoms with van der Waals surface area (Å²) >= 11 is 6.04. The summed E-state index contributed by atoms with van der Waals surface area (Å²) in [4.78, 5) is 14.8. The number of pyridine rings is 1. The molecule has 1 N–H and O–H groups in total. The van der Waals surface area contributed by atoms with Crippen molar-refractivity contribution in [3.63, 3.8) is 0 Å². The zero-order valence-corrected chi connectivity index (χ0v) is 12.8. The summed E-state index contributed by atoms with van der Waals surface area (Å²) in [5.74, 6) is -0.266. The van der Waals surface area contributed by atoms with Gasteiger partial charge in [-0.2, -0.15) is 0 Å². The summed E-state index contributed by atoms with van der Waals surface area (Å²) in [5.41, 5.74) is 1.84. The van der Waals surface area contributed by atoms with Gasteiger partial charge >= 0.3 is 5.97 Å². The minimum absolute atomic E-state index is 0.00371. The second-order valence-corrected chi connectivity index (χ2v) is 5.31. The summed E-state index contributed by atoms with van der Waals surface area (Å²) in [6.45, 7) is 0.237. The van der Waals surface area contributed by atoms with Crippen molar-refractivity contribution in [2.45, 2.75) is 19.4 Å². The predicted molar refractivity (Wildman–Crippen MR) is 83.5 cm³/mol. The van der Waals surface area contributed by atoms with Crippen LogP contribution in [0.15, 0.2) is 41.1 Å². The molecule has 1 aromatic carbocycles. The van der Waals surface area contributed by atoms with Crippen molar-refractivity contribution in [1.29, 1.82) is 0 Å². The van der Waals surface area contributed by atoms with Gasteiger partial charge in [-0.1, -0.05) is 16.8 Å². The van der Waals surface area contributed by atoms with Crippen molar-refractivity contribution in [2.75, 3.05) is 0 Å². The van der Waals surface area contributed by atoms with Crippen LogP contribution < -0.4 is 4.74 Å². The zero-order valence-electron chi connectivity index (χ0n) is 12.0. The molecule has 0 fully saturated rings. The Morgan fingerprint density at radius 1 is 1.30 bits per heavy atom. The molecule has 0 aliphatic heterocycles. The average Bonchev–Trinajstić information content (AvgIpc) is 2.94. The molecule has 2 heterocycles. The molecule has 6 nitrogen and oxygen atoms in total. The Bertz CT molecular complexity index is 847. The van der Waals surface area contributed by atoms with Gasteiger partial charge < -0.3 is 14.4 Å². The lowest BCUT2D eigenvalue weighted by Gasteiger charge is -2.06. The van der Waals surface area contributed by atoms with Gasteiger partial charge in [0.25, 0.3) is 0 Å². The van der Waals surface area contributed by atoms with Gasteiger partial charge in [0, 0.05) is 18.0 Å². The van der Waals surface area contributed by atoms with Gasteiger partial charge in [-0.15, -0.1) is 0 Å². The maximum Gasteiger partial charge on any atom is 0.303 e. The molecule has 0 unspecified atom stereocenters. The lowest BCUT2D eigenvalue weighted by molar-refractivity contribution is -0.136. The highest BCUT2D eigenvalue weighted by Gasteiger charge is 2.11. The van der Waals surface area contributed by atoms with Crippen molar-refractivity contribution in [2.24, 2.45) is 0 Å². The molecule has 0 saturated heterocycles. The van der Waals surface area contributed by atoms with E-state index in [4.69, 9.17) is 26.0 Å². The van der Waals surface area contributed by atoms with Crippen LogP contribution in [0, 0.1) is 0 Å². The molecule has 7 heteroatoms. The predicted octanol–water partition coefficient (Wildman–Crippen LogP) is 3.47. The minimum atomic E-state index is -0.877. The molecule has 0 bridgehead atoms. The van der Waals surface area contributed by atoms with Crippen LogP contribution in [0.4, 0.5) is 0 Å². The third kappa shape index (κ3) is 3.60. The zero-order chi connectivity index (χ0) is 16.2. The summed E-state index contributed by atoms with van der Waals surface area (Å²) in [7, 11) is 0. The first-order valence-electron chi connectivity index (χ1n) is 6.96. The van der Waals surface area contributed by atoms with Crippen molar-refractivity contribution >= 4 is 28.5 Å². The van der Waals surface area contributed by atoms with Crippen molar-refractivity contribution in [1.82, 2.24) is 10.1 Å². The van der Waals surface area contributed by atoms with Crippen molar-refractivity contribution in [3.05, 3.63) is 52.9 Å². The second kappa shape index (κ2) is 6.66. The number of aryl methyl sites for hydroxylation is 1. The number of carboxylic acid groups (broad SMARTS) is 1. The molecule has 0 radical (unpaired) electrons. The Hall–Kier alpha value is -2.60. The van der Waals surface area contributed by atoms with Crippen LogP contribution in [0.5, 0.6) is 5.75 Å². The third-order valence-corrected chi connectivity index (χ3v) is 3.65. The second-order valence-electron chi connectivity index (χ2n) is 4.90. The fourth-order valence-corrected chi connectivity index (χ4v) is 2.32. The van der Waals surface area contributed by atoms with Crippen LogP contribution in [-0.2, 0) is 17.8 Å². The Morgan fingerprint density at radius 2 is 2.17 bits per heavy atom. The minimum Gasteiger partial charge on any atom is -0.487 e. The number of carboxylic acids is 1. The Balaban J connectivity index is 1.77. The highest BCUT2D eigenvalue weighted by atomic mass is 35.5. The number of ether oxygens (including phenoxy) is 1. The summed E-state index contributed by atoms with van der Waals surface area (Å²) in [6, 6.07) is 8.78. The van der Waals surface area contributed by atoms with Gasteiger partial charge in [-0.05, 0) is 30.3 Å². The smallest absolute Gasteiger partial charge is 0.303 e. The van der Waals surface area contributed by atoms with E-state index in [2.05, 4.69) is 10.1 Å². The van der Waals surface area contributed by atoms with E-state index >= 15 is 0 Å². The van der Waals surface area contributed by atoms with E-state index in [-0.39, 0.29) is 13.0 Å². The molecule has 0 aliphatic rings. The van der Waals surface area contributed by atoms with Crippen LogP contribution in [0.3, 0.4) is 0 Å². The molecule has 0 saturated carbocycles. The highest BCUT2D eigenvalue weighted by molar-refractivity contribution is 6.31. The molecule has 3 rings (SSSR count). The van der Waals surface area contributed by atoms with Crippen LogP contribution >= 0.6 is 11.6 Å². The van der Waals surface area contributed by atoms with E-state index in [1.54, 1.807) is 36.5 Å². The maximum absolute atomic E-state index is 10.7. The van der Waals surface area contributed by atoms with Gasteiger partial charge in [-0.3, -0.25) is 9.78 Å². The maximum atomic E-state index is 10.7. The van der Waals surface area contributed by atoms with E-state index in [1.807, 2.05) is 0 Å². The number of carbonyl (C=O) groups is 1. The fourth-order valence-electron chi connectivity index (χ4n) is 2.14. The number of aliphatic carboxylic acids is 1. The molecule has 0 amide bonds. The van der Waals surface area contributed by atoms with E-state index in [0.29, 0.717) is 34.2 Å². The monoisotopic (exact) mass is 332 g/mol. The first-order valence-corrected chi connectivity index (χ1v) is 7.33. The first-order chi connectivity index (χ1) is 11.1. The van der Waals surface area contributed by atoms with Crippen molar-refractivity contribution in [3.8, 4) is 5.75 Å². The highest BCUT2D eigenvalue weighted by Crippen LogP contribution is 2.25. The van der Waals surface area contributed by atoms with Crippen LogP contribution in [-0.4, -0.2) is 21.2 Å². The third-order valence-electron chi connectivity index (χ3n) is 3.30. The normalized spacial score (nSPS) is 10.8. The lowest BCUT2D eigenvalue weighted by Crippen LogP contribution is -1.99. The van der Waals surface area contributed by atoms with Gasteiger partial charge in [0.2, 0.25) is 0 Å². The van der Waals surface area contributed by atoms with Gasteiger partial charge in [0.1, 0.15) is 12.4 Å². The standard InChI is InChI=1S/C16H13ClN2O4/c17-12-2-1-7-18-14(12)9-22-10-3-5-15-11(8-10)13(19-23-15)4-6-16(20)21/h1-3,5,7-8H,4,6,9H2,(H,20,21). The number of benzene rings is 1. The van der Waals surface area contributed by atoms with Crippen LogP contribution in [0.25, 0.3) is 11.0 Å². The largest absolute Gasteiger partial charge is 0.487 e.